The number of morpholine rings is 1. The van der Waals surface area contributed by atoms with Crippen LogP contribution in [0.25, 0.3) is 22.6 Å². The number of pyridine rings is 1. The Morgan fingerprint density at radius 2 is 1.96 bits per heavy atom. The smallest absolute Gasteiger partial charge is 0.338 e. The third kappa shape index (κ3) is 3.24. The molecule has 0 aliphatic carbocycles. The van der Waals surface area contributed by atoms with Crippen LogP contribution in [0, 0.1) is 0 Å². The molecule has 0 spiro atoms. The summed E-state index contributed by atoms with van der Waals surface area (Å²) in [6.45, 7) is 4.38. The topological polar surface area (TPSA) is 91.3 Å². The lowest BCUT2D eigenvalue weighted by molar-refractivity contribution is 0.0342. The van der Waals surface area contributed by atoms with Gasteiger partial charge in [0.25, 0.3) is 0 Å². The van der Waals surface area contributed by atoms with Crippen LogP contribution in [0.3, 0.4) is 0 Å². The van der Waals surface area contributed by atoms with E-state index in [0.29, 0.717) is 17.0 Å². The molecule has 25 heavy (non-hydrogen) atoms. The summed E-state index contributed by atoms with van der Waals surface area (Å²) in [6, 6.07) is 9.59. The standard InChI is InChI=1S/C18H18N4O3/c23-18(24)14-5-6-19-17-15(14)20-16(21-17)13-3-1-12(2-4-13)11-22-7-9-25-10-8-22/h1-6H,7-11H2,(H,23,24)(H,19,20,21). The van der Waals surface area contributed by atoms with E-state index in [1.54, 1.807) is 0 Å². The minimum atomic E-state index is -1.01. The zero-order valence-corrected chi connectivity index (χ0v) is 13.6. The summed E-state index contributed by atoms with van der Waals surface area (Å²) >= 11 is 0. The number of imidazole rings is 1. The fourth-order valence-electron chi connectivity index (χ4n) is 3.01. The Kier molecular flexibility index (Phi) is 4.17. The lowest BCUT2D eigenvalue weighted by Gasteiger charge is -2.26. The number of carbonyl (C=O) groups is 1. The fourth-order valence-corrected chi connectivity index (χ4v) is 3.01. The number of benzene rings is 1. The van der Waals surface area contributed by atoms with Gasteiger partial charge in [-0.3, -0.25) is 4.90 Å². The second-order valence-electron chi connectivity index (χ2n) is 6.03. The molecule has 1 saturated heterocycles. The van der Waals surface area contributed by atoms with Crippen molar-refractivity contribution in [2.24, 2.45) is 0 Å². The Labute approximate surface area is 144 Å². The summed E-state index contributed by atoms with van der Waals surface area (Å²) in [6.07, 6.45) is 1.47. The molecule has 2 aromatic heterocycles. The number of aromatic amines is 1. The van der Waals surface area contributed by atoms with E-state index >= 15 is 0 Å². The van der Waals surface area contributed by atoms with Crippen LogP contribution < -0.4 is 0 Å². The predicted octanol–water partition coefficient (Wildman–Crippen LogP) is 2.16. The van der Waals surface area contributed by atoms with Gasteiger partial charge in [-0.15, -0.1) is 0 Å². The molecule has 4 rings (SSSR count). The molecule has 0 saturated carbocycles. The molecule has 1 aromatic carbocycles. The third-order valence-corrected chi connectivity index (χ3v) is 4.35. The molecular formula is C18H18N4O3. The minimum Gasteiger partial charge on any atom is -0.478 e. The van der Waals surface area contributed by atoms with Gasteiger partial charge in [0, 0.05) is 31.4 Å². The number of aromatic nitrogens is 3. The van der Waals surface area contributed by atoms with Crippen molar-refractivity contribution in [3.63, 3.8) is 0 Å². The van der Waals surface area contributed by atoms with Crippen LogP contribution in [-0.4, -0.2) is 57.2 Å². The predicted molar refractivity (Wildman–Crippen MR) is 92.4 cm³/mol. The highest BCUT2D eigenvalue weighted by molar-refractivity contribution is 6.00. The van der Waals surface area contributed by atoms with Crippen LogP contribution in [0.15, 0.2) is 36.5 Å². The maximum absolute atomic E-state index is 11.3. The molecule has 7 nitrogen and oxygen atoms in total. The summed E-state index contributed by atoms with van der Waals surface area (Å²) in [4.78, 5) is 25.3. The van der Waals surface area contributed by atoms with Gasteiger partial charge in [-0.25, -0.2) is 14.8 Å². The quantitative estimate of drug-likeness (QED) is 0.757. The molecule has 0 amide bonds. The van der Waals surface area contributed by atoms with Crippen LogP contribution >= 0.6 is 0 Å². The summed E-state index contributed by atoms with van der Waals surface area (Å²) in [5.41, 5.74) is 3.14. The first kappa shape index (κ1) is 15.7. The largest absolute Gasteiger partial charge is 0.478 e. The summed E-state index contributed by atoms with van der Waals surface area (Å²) in [5, 5.41) is 9.26. The number of carboxylic acid groups (broad SMARTS) is 1. The number of nitrogens with zero attached hydrogens (tertiary/aromatic N) is 3. The van der Waals surface area contributed by atoms with Crippen molar-refractivity contribution in [3.8, 4) is 11.4 Å². The van der Waals surface area contributed by atoms with E-state index in [1.807, 2.05) is 12.1 Å². The van der Waals surface area contributed by atoms with E-state index in [-0.39, 0.29) is 5.56 Å². The average molecular weight is 338 g/mol. The molecular weight excluding hydrogens is 320 g/mol. The van der Waals surface area contributed by atoms with E-state index in [2.05, 4.69) is 32.0 Å². The lowest BCUT2D eigenvalue weighted by atomic mass is 10.1. The SMILES string of the molecule is O=C(O)c1ccnc2[nH]c(-c3ccc(CN4CCOCC4)cc3)nc12. The van der Waals surface area contributed by atoms with Crippen LogP contribution in [0.2, 0.25) is 0 Å². The van der Waals surface area contributed by atoms with Crippen LogP contribution in [0.1, 0.15) is 15.9 Å². The number of aromatic carboxylic acids is 1. The van der Waals surface area contributed by atoms with Gasteiger partial charge in [0.2, 0.25) is 0 Å². The Hall–Kier alpha value is -2.77. The van der Waals surface area contributed by atoms with Crippen LogP contribution in [0.4, 0.5) is 0 Å². The third-order valence-electron chi connectivity index (χ3n) is 4.35. The highest BCUT2D eigenvalue weighted by atomic mass is 16.5. The number of fused-ring (bicyclic) bond motifs is 1. The monoisotopic (exact) mass is 338 g/mol. The Morgan fingerprint density at radius 3 is 2.68 bits per heavy atom. The number of hydrogen-bond acceptors (Lipinski definition) is 5. The van der Waals surface area contributed by atoms with Crippen LogP contribution in [0.5, 0.6) is 0 Å². The van der Waals surface area contributed by atoms with Gasteiger partial charge in [-0.1, -0.05) is 24.3 Å². The summed E-state index contributed by atoms with van der Waals surface area (Å²) in [7, 11) is 0. The molecule has 0 unspecified atom stereocenters. The molecule has 2 N–H and O–H groups in total. The Bertz CT molecular complexity index is 898. The van der Waals surface area contributed by atoms with Gasteiger partial charge in [-0.05, 0) is 11.6 Å². The summed E-state index contributed by atoms with van der Waals surface area (Å²) in [5.74, 6) is -0.388. The maximum Gasteiger partial charge on any atom is 0.338 e. The van der Waals surface area contributed by atoms with Crippen molar-refractivity contribution in [3.05, 3.63) is 47.7 Å². The second-order valence-corrected chi connectivity index (χ2v) is 6.03. The fraction of sp³-hybridized carbons (Fsp3) is 0.278. The average Bonchev–Trinajstić information content (AvgIpc) is 3.07. The number of H-pyrrole nitrogens is 1. The zero-order chi connectivity index (χ0) is 17.2. The van der Waals surface area contributed by atoms with Crippen molar-refractivity contribution in [2.75, 3.05) is 26.3 Å². The lowest BCUT2D eigenvalue weighted by Crippen LogP contribution is -2.35. The first-order valence-corrected chi connectivity index (χ1v) is 8.18. The molecule has 0 atom stereocenters. The minimum absolute atomic E-state index is 0.149. The molecule has 1 aliphatic rings. The number of carboxylic acids is 1. The normalized spacial score (nSPS) is 15.5. The van der Waals surface area contributed by atoms with E-state index in [1.165, 1.54) is 17.8 Å². The number of nitrogens with one attached hydrogen (secondary N) is 1. The molecule has 128 valence electrons. The van der Waals surface area contributed by atoms with Gasteiger partial charge in [0.05, 0.1) is 18.8 Å². The first-order chi connectivity index (χ1) is 12.2. The van der Waals surface area contributed by atoms with Gasteiger partial charge < -0.3 is 14.8 Å². The van der Waals surface area contributed by atoms with E-state index in [9.17, 15) is 9.90 Å². The van der Waals surface area contributed by atoms with Gasteiger partial charge in [0.15, 0.2) is 5.65 Å². The number of hydrogen-bond donors (Lipinski definition) is 2. The van der Waals surface area contributed by atoms with Crippen molar-refractivity contribution in [2.45, 2.75) is 6.54 Å². The second kappa shape index (κ2) is 6.62. The molecule has 1 fully saturated rings. The highest BCUT2D eigenvalue weighted by Crippen LogP contribution is 2.22. The Morgan fingerprint density at radius 1 is 1.20 bits per heavy atom. The van der Waals surface area contributed by atoms with Crippen molar-refractivity contribution in [1.82, 2.24) is 19.9 Å². The van der Waals surface area contributed by atoms with Crippen LogP contribution in [-0.2, 0) is 11.3 Å². The highest BCUT2D eigenvalue weighted by Gasteiger charge is 2.15. The molecule has 3 heterocycles. The summed E-state index contributed by atoms with van der Waals surface area (Å²) < 4.78 is 5.37. The molecule has 0 bridgehead atoms. The van der Waals surface area contributed by atoms with Gasteiger partial charge in [-0.2, -0.15) is 0 Å². The molecule has 3 aromatic rings. The zero-order valence-electron chi connectivity index (χ0n) is 13.6. The van der Waals surface area contributed by atoms with Gasteiger partial charge >= 0.3 is 5.97 Å². The van der Waals surface area contributed by atoms with E-state index < -0.39 is 5.97 Å². The number of ether oxygens (including phenoxy) is 1. The Balaban J connectivity index is 1.58. The first-order valence-electron chi connectivity index (χ1n) is 8.18. The number of rotatable bonds is 4. The van der Waals surface area contributed by atoms with Crippen molar-refractivity contribution < 1.29 is 14.6 Å². The van der Waals surface area contributed by atoms with Gasteiger partial charge in [0.1, 0.15) is 11.3 Å². The van der Waals surface area contributed by atoms with Crippen molar-refractivity contribution in [1.29, 1.82) is 0 Å². The maximum atomic E-state index is 11.3. The molecule has 7 heteroatoms. The molecule has 0 radical (unpaired) electrons. The van der Waals surface area contributed by atoms with E-state index in [4.69, 9.17) is 4.74 Å². The molecule has 1 aliphatic heterocycles. The van der Waals surface area contributed by atoms with E-state index in [0.717, 1.165) is 38.4 Å². The van der Waals surface area contributed by atoms with Crippen molar-refractivity contribution >= 4 is 17.1 Å².